The van der Waals surface area contributed by atoms with Crippen molar-refractivity contribution in [1.82, 2.24) is 0 Å². The first-order valence-corrected chi connectivity index (χ1v) is 23.2. The van der Waals surface area contributed by atoms with Crippen molar-refractivity contribution in [3.8, 4) is 0 Å². The van der Waals surface area contributed by atoms with Gasteiger partial charge in [-0.05, 0) is 77.0 Å². The van der Waals surface area contributed by atoms with Crippen LogP contribution in [0.2, 0.25) is 0 Å². The Labute approximate surface area is 346 Å². The van der Waals surface area contributed by atoms with Crippen molar-refractivity contribution in [3.63, 3.8) is 0 Å². The minimum absolute atomic E-state index is 0.0288. The number of phosphoric ester groups is 1. The lowest BCUT2D eigenvalue weighted by molar-refractivity contribution is -0.161. The van der Waals surface area contributed by atoms with E-state index in [4.69, 9.17) is 24.3 Å². The van der Waals surface area contributed by atoms with Crippen molar-refractivity contribution in [1.29, 1.82) is 0 Å². The van der Waals surface area contributed by atoms with Gasteiger partial charge in [-0.3, -0.25) is 18.6 Å². The smallest absolute Gasteiger partial charge is 0.462 e. The molecular weight excluding hydrogens is 737 g/mol. The number of ether oxygens (including phenoxy) is 2. The molecule has 0 saturated carbocycles. The van der Waals surface area contributed by atoms with Gasteiger partial charge in [0.05, 0.1) is 13.2 Å². The summed E-state index contributed by atoms with van der Waals surface area (Å²) < 4.78 is 32.6. The second-order valence-corrected chi connectivity index (χ2v) is 15.3. The number of phosphoric acid groups is 1. The highest BCUT2D eigenvalue weighted by Crippen LogP contribution is 2.43. The van der Waals surface area contributed by atoms with E-state index in [0.717, 1.165) is 44.9 Å². The lowest BCUT2D eigenvalue weighted by Crippen LogP contribution is -2.29. The Morgan fingerprint density at radius 3 is 1.37 bits per heavy atom. The van der Waals surface area contributed by atoms with Gasteiger partial charge in [0.1, 0.15) is 6.61 Å². The Morgan fingerprint density at radius 1 is 0.526 bits per heavy atom. The first kappa shape index (κ1) is 53.9. The van der Waals surface area contributed by atoms with E-state index in [-0.39, 0.29) is 32.6 Å². The second kappa shape index (κ2) is 42.5. The summed E-state index contributed by atoms with van der Waals surface area (Å²) in [7, 11) is -4.42. The first-order valence-electron chi connectivity index (χ1n) is 21.7. The van der Waals surface area contributed by atoms with Crippen LogP contribution in [0.4, 0.5) is 0 Å². The van der Waals surface area contributed by atoms with Crippen molar-refractivity contribution in [2.45, 2.75) is 161 Å². The zero-order chi connectivity index (χ0) is 41.8. The zero-order valence-corrected chi connectivity index (χ0v) is 36.4. The molecule has 324 valence electrons. The lowest BCUT2D eigenvalue weighted by Gasteiger charge is -2.19. The number of unbranched alkanes of at least 4 members (excludes halogenated alkanes) is 10. The summed E-state index contributed by atoms with van der Waals surface area (Å²) in [6.07, 6.45) is 54.7. The van der Waals surface area contributed by atoms with Crippen LogP contribution in [0.15, 0.2) is 97.2 Å². The van der Waals surface area contributed by atoms with Crippen LogP contribution in [0.3, 0.4) is 0 Å². The molecule has 0 aliphatic rings. The first-order chi connectivity index (χ1) is 27.8. The van der Waals surface area contributed by atoms with Gasteiger partial charge in [-0.2, -0.15) is 0 Å². The number of carbonyl (C=O) groups is 2. The molecule has 0 aromatic heterocycles. The minimum atomic E-state index is -4.42. The maximum atomic E-state index is 12.5. The van der Waals surface area contributed by atoms with E-state index in [1.807, 2.05) is 24.3 Å². The van der Waals surface area contributed by atoms with Crippen molar-refractivity contribution in [3.05, 3.63) is 97.2 Å². The number of rotatable bonds is 39. The quantitative estimate of drug-likeness (QED) is 0.0269. The van der Waals surface area contributed by atoms with E-state index in [0.29, 0.717) is 12.8 Å². The van der Waals surface area contributed by atoms with Gasteiger partial charge >= 0.3 is 19.8 Å². The van der Waals surface area contributed by atoms with Gasteiger partial charge in [0.15, 0.2) is 6.10 Å². The molecular formula is C47H78NO8P. The molecule has 2 unspecified atom stereocenters. The molecule has 0 aromatic rings. The SMILES string of the molecule is CCCCCCC=CCC=CCC=CCC=CCCC(=O)OC(COC(=O)CCC=CCC=CCC=CCC=CCCCCCCCC)COP(=O)(O)OCCN. The van der Waals surface area contributed by atoms with E-state index in [1.54, 1.807) is 0 Å². The number of hydrogen-bond donors (Lipinski definition) is 2. The molecule has 10 heteroatoms. The number of nitrogens with two attached hydrogens (primary N) is 1. The van der Waals surface area contributed by atoms with Gasteiger partial charge in [-0.1, -0.05) is 162 Å². The minimum Gasteiger partial charge on any atom is -0.462 e. The normalized spacial score (nSPS) is 14.2. The maximum absolute atomic E-state index is 12.5. The van der Waals surface area contributed by atoms with E-state index >= 15 is 0 Å². The molecule has 0 saturated heterocycles. The average Bonchev–Trinajstić information content (AvgIpc) is 3.20. The molecule has 9 nitrogen and oxygen atoms in total. The monoisotopic (exact) mass is 816 g/mol. The van der Waals surface area contributed by atoms with Crippen LogP contribution in [0.25, 0.3) is 0 Å². The summed E-state index contributed by atoms with van der Waals surface area (Å²) in [5.74, 6) is -1.02. The number of hydrogen-bond acceptors (Lipinski definition) is 8. The van der Waals surface area contributed by atoms with Gasteiger partial charge in [0.25, 0.3) is 0 Å². The second-order valence-electron chi connectivity index (χ2n) is 13.8. The molecule has 0 radical (unpaired) electrons. The molecule has 0 aromatic carbocycles. The van der Waals surface area contributed by atoms with Crippen LogP contribution < -0.4 is 5.73 Å². The summed E-state index contributed by atoms with van der Waals surface area (Å²) >= 11 is 0. The van der Waals surface area contributed by atoms with E-state index in [2.05, 4.69) is 86.8 Å². The summed E-state index contributed by atoms with van der Waals surface area (Å²) in [5, 5.41) is 0. The molecule has 0 bridgehead atoms. The highest BCUT2D eigenvalue weighted by atomic mass is 31.2. The third-order valence-electron chi connectivity index (χ3n) is 8.47. The van der Waals surface area contributed by atoms with Gasteiger partial charge < -0.3 is 20.1 Å². The van der Waals surface area contributed by atoms with Crippen LogP contribution in [0.1, 0.15) is 155 Å². The fourth-order valence-electron chi connectivity index (χ4n) is 5.23. The Bertz CT molecular complexity index is 1250. The zero-order valence-electron chi connectivity index (χ0n) is 35.5. The van der Waals surface area contributed by atoms with Crippen LogP contribution in [0, 0.1) is 0 Å². The van der Waals surface area contributed by atoms with E-state index < -0.39 is 32.5 Å². The van der Waals surface area contributed by atoms with Gasteiger partial charge in [0, 0.05) is 19.4 Å². The van der Waals surface area contributed by atoms with Crippen LogP contribution in [-0.4, -0.2) is 49.3 Å². The predicted octanol–water partition coefficient (Wildman–Crippen LogP) is 12.6. The van der Waals surface area contributed by atoms with Gasteiger partial charge in [-0.15, -0.1) is 0 Å². The molecule has 2 atom stereocenters. The van der Waals surface area contributed by atoms with Crippen LogP contribution in [-0.2, 0) is 32.7 Å². The molecule has 0 aliphatic carbocycles. The molecule has 3 N–H and O–H groups in total. The molecule has 0 amide bonds. The summed E-state index contributed by atoms with van der Waals surface area (Å²) in [6.45, 7) is 3.52. The van der Waals surface area contributed by atoms with Gasteiger partial charge in [-0.25, -0.2) is 4.57 Å². The van der Waals surface area contributed by atoms with Crippen molar-refractivity contribution >= 4 is 19.8 Å². The third kappa shape index (κ3) is 42.4. The Morgan fingerprint density at radius 2 is 0.912 bits per heavy atom. The lowest BCUT2D eigenvalue weighted by atomic mass is 10.1. The van der Waals surface area contributed by atoms with Crippen molar-refractivity contribution < 1.29 is 37.6 Å². The molecule has 0 fully saturated rings. The molecule has 0 rings (SSSR count). The van der Waals surface area contributed by atoms with Crippen molar-refractivity contribution in [2.75, 3.05) is 26.4 Å². The van der Waals surface area contributed by atoms with Crippen molar-refractivity contribution in [2.24, 2.45) is 5.73 Å². The van der Waals surface area contributed by atoms with E-state index in [9.17, 15) is 19.0 Å². The Kier molecular flexibility index (Phi) is 40.2. The summed E-state index contributed by atoms with van der Waals surface area (Å²) in [6, 6.07) is 0. The summed E-state index contributed by atoms with van der Waals surface area (Å²) in [5.41, 5.74) is 5.33. The molecule has 0 spiro atoms. The fourth-order valence-corrected chi connectivity index (χ4v) is 6.00. The molecule has 0 heterocycles. The third-order valence-corrected chi connectivity index (χ3v) is 9.45. The molecule has 0 aliphatic heterocycles. The predicted molar refractivity (Wildman–Crippen MR) is 238 cm³/mol. The Balaban J connectivity index is 4.40. The number of esters is 2. The van der Waals surface area contributed by atoms with Crippen LogP contribution >= 0.6 is 7.82 Å². The number of carbonyl (C=O) groups excluding carboxylic acids is 2. The number of allylic oxidation sites excluding steroid dienone is 16. The highest BCUT2D eigenvalue weighted by Gasteiger charge is 2.25. The maximum Gasteiger partial charge on any atom is 0.472 e. The average molecular weight is 816 g/mol. The van der Waals surface area contributed by atoms with E-state index in [1.165, 1.54) is 70.6 Å². The fraction of sp³-hybridized carbons (Fsp3) is 0.617. The largest absolute Gasteiger partial charge is 0.472 e. The van der Waals surface area contributed by atoms with Gasteiger partial charge in [0.2, 0.25) is 0 Å². The topological polar surface area (TPSA) is 134 Å². The standard InChI is InChI=1S/C47H78NO8P/c1-3-5-7-9-11-13-15-17-19-21-22-24-25-27-29-31-33-35-37-39-46(49)53-43-45(44-55-57(51,52)54-42-41-48)56-47(50)40-38-36-34-32-30-28-26-23-20-18-16-14-12-10-8-6-4-2/h14,16-17,19-20,22-24,27-30,33-36,45H,3-13,15,18,21,25-26,31-32,37-44,48H2,1-2H3,(H,51,52). The highest BCUT2D eigenvalue weighted by molar-refractivity contribution is 7.47. The Hall–Kier alpha value is -3.07. The molecule has 57 heavy (non-hydrogen) atoms. The van der Waals surface area contributed by atoms with Crippen LogP contribution in [0.5, 0.6) is 0 Å². The summed E-state index contributed by atoms with van der Waals surface area (Å²) in [4.78, 5) is 34.8.